The second kappa shape index (κ2) is 4.49. The van der Waals surface area contributed by atoms with Crippen LogP contribution in [0.15, 0.2) is 22.8 Å². The summed E-state index contributed by atoms with van der Waals surface area (Å²) in [5.74, 6) is -0.307. The van der Waals surface area contributed by atoms with Crippen molar-refractivity contribution in [3.05, 3.63) is 24.2 Å². The number of hydrogen-bond acceptors (Lipinski definition) is 4. The number of esters is 1. The van der Waals surface area contributed by atoms with E-state index in [1.807, 2.05) is 0 Å². The summed E-state index contributed by atoms with van der Waals surface area (Å²) in [7, 11) is 0. The van der Waals surface area contributed by atoms with Gasteiger partial charge in [0.2, 0.25) is 5.76 Å². The molecule has 1 aliphatic carbocycles. The van der Waals surface area contributed by atoms with Gasteiger partial charge >= 0.3 is 5.97 Å². The Morgan fingerprint density at radius 1 is 1.47 bits per heavy atom. The third-order valence-corrected chi connectivity index (χ3v) is 2.65. The molecule has 0 unspecified atom stereocenters. The van der Waals surface area contributed by atoms with E-state index in [0.29, 0.717) is 6.42 Å². The van der Waals surface area contributed by atoms with Crippen molar-refractivity contribution in [1.82, 2.24) is 0 Å². The molecular weight excluding hydrogens is 196 g/mol. The fourth-order valence-electron chi connectivity index (χ4n) is 1.81. The van der Waals surface area contributed by atoms with Crippen molar-refractivity contribution in [2.75, 3.05) is 0 Å². The lowest BCUT2D eigenvalue weighted by Gasteiger charge is -2.26. The van der Waals surface area contributed by atoms with Gasteiger partial charge in [-0.3, -0.25) is 0 Å². The molecule has 1 fully saturated rings. The molecule has 1 saturated carbocycles. The summed E-state index contributed by atoms with van der Waals surface area (Å²) in [6.07, 6.45) is 3.94. The highest BCUT2D eigenvalue weighted by Crippen LogP contribution is 2.22. The minimum atomic E-state index is -0.530. The van der Waals surface area contributed by atoms with E-state index in [1.54, 1.807) is 12.1 Å². The molecule has 1 N–H and O–H groups in total. The van der Waals surface area contributed by atoms with E-state index in [4.69, 9.17) is 9.15 Å². The molecule has 0 aliphatic heterocycles. The Morgan fingerprint density at radius 3 is 2.93 bits per heavy atom. The van der Waals surface area contributed by atoms with Crippen LogP contribution in [-0.2, 0) is 4.74 Å². The molecule has 0 bridgehead atoms. The predicted octanol–water partition coefficient (Wildman–Crippen LogP) is 1.74. The van der Waals surface area contributed by atoms with Gasteiger partial charge in [0.25, 0.3) is 0 Å². The van der Waals surface area contributed by atoms with Crippen LogP contribution in [0.1, 0.15) is 36.2 Å². The Labute approximate surface area is 87.8 Å². The van der Waals surface area contributed by atoms with Crippen molar-refractivity contribution in [2.24, 2.45) is 0 Å². The normalized spacial score (nSPS) is 26.2. The molecule has 82 valence electrons. The van der Waals surface area contributed by atoms with Gasteiger partial charge in [-0.05, 0) is 31.4 Å². The summed E-state index contributed by atoms with van der Waals surface area (Å²) in [6.45, 7) is 0. The van der Waals surface area contributed by atoms with E-state index < -0.39 is 12.1 Å². The van der Waals surface area contributed by atoms with Gasteiger partial charge in [-0.2, -0.15) is 0 Å². The van der Waals surface area contributed by atoms with Crippen LogP contribution in [0, 0.1) is 0 Å². The fourth-order valence-corrected chi connectivity index (χ4v) is 1.81. The van der Waals surface area contributed by atoms with E-state index >= 15 is 0 Å². The van der Waals surface area contributed by atoms with E-state index in [2.05, 4.69) is 0 Å². The molecule has 1 heterocycles. The minimum Gasteiger partial charge on any atom is -0.457 e. The molecule has 2 atom stereocenters. The first-order chi connectivity index (χ1) is 7.27. The zero-order chi connectivity index (χ0) is 10.7. The second-order valence-corrected chi connectivity index (χ2v) is 3.77. The molecule has 0 saturated heterocycles. The first kappa shape index (κ1) is 10.2. The van der Waals surface area contributed by atoms with E-state index in [9.17, 15) is 9.90 Å². The van der Waals surface area contributed by atoms with Gasteiger partial charge in [-0.15, -0.1) is 0 Å². The summed E-state index contributed by atoms with van der Waals surface area (Å²) >= 11 is 0. The molecule has 0 aromatic carbocycles. The van der Waals surface area contributed by atoms with Gasteiger partial charge in [0.1, 0.15) is 6.10 Å². The van der Waals surface area contributed by atoms with Crippen molar-refractivity contribution in [3.63, 3.8) is 0 Å². The lowest BCUT2D eigenvalue weighted by Crippen LogP contribution is -2.34. The first-order valence-corrected chi connectivity index (χ1v) is 5.20. The summed E-state index contributed by atoms with van der Waals surface area (Å²) in [5, 5.41) is 9.61. The van der Waals surface area contributed by atoms with Gasteiger partial charge < -0.3 is 14.3 Å². The molecule has 1 aliphatic rings. The average Bonchev–Trinajstić information content (AvgIpc) is 2.74. The second-order valence-electron chi connectivity index (χ2n) is 3.77. The molecular formula is C11H14O4. The summed E-state index contributed by atoms with van der Waals surface area (Å²) in [5.41, 5.74) is 0. The average molecular weight is 210 g/mol. The van der Waals surface area contributed by atoms with E-state index in [1.165, 1.54) is 6.26 Å². The van der Waals surface area contributed by atoms with Gasteiger partial charge in [-0.25, -0.2) is 4.79 Å². The van der Waals surface area contributed by atoms with Crippen LogP contribution in [0.5, 0.6) is 0 Å². The van der Waals surface area contributed by atoms with Crippen LogP contribution in [0.25, 0.3) is 0 Å². The number of aliphatic hydroxyl groups excluding tert-OH is 1. The molecule has 0 spiro atoms. The number of hydrogen-bond donors (Lipinski definition) is 1. The maximum absolute atomic E-state index is 11.5. The van der Waals surface area contributed by atoms with Crippen molar-refractivity contribution >= 4 is 5.97 Å². The number of ether oxygens (including phenoxy) is 1. The molecule has 15 heavy (non-hydrogen) atoms. The van der Waals surface area contributed by atoms with Gasteiger partial charge in [0.05, 0.1) is 12.4 Å². The summed E-state index contributed by atoms with van der Waals surface area (Å²) in [4.78, 5) is 11.5. The molecule has 4 nitrogen and oxygen atoms in total. The number of carbonyl (C=O) groups is 1. The van der Waals surface area contributed by atoms with Crippen molar-refractivity contribution in [2.45, 2.75) is 37.9 Å². The standard InChI is InChI=1S/C11H14O4/c12-8-4-1-2-5-9(8)15-11(13)10-6-3-7-14-10/h3,6-9,12H,1-2,4-5H2/t8-,9+/m1/s1. The quantitative estimate of drug-likeness (QED) is 0.755. The Bertz CT molecular complexity index is 317. The van der Waals surface area contributed by atoms with Crippen LogP contribution in [0.2, 0.25) is 0 Å². The van der Waals surface area contributed by atoms with Gasteiger partial charge in [0, 0.05) is 0 Å². The zero-order valence-corrected chi connectivity index (χ0v) is 8.39. The van der Waals surface area contributed by atoms with Gasteiger partial charge in [-0.1, -0.05) is 6.42 Å². The van der Waals surface area contributed by atoms with E-state index in [-0.39, 0.29) is 11.9 Å². The molecule has 4 heteroatoms. The van der Waals surface area contributed by atoms with Gasteiger partial charge in [0.15, 0.2) is 0 Å². The summed E-state index contributed by atoms with van der Waals surface area (Å²) in [6, 6.07) is 3.19. The van der Waals surface area contributed by atoms with Crippen LogP contribution in [0.3, 0.4) is 0 Å². The molecule has 2 rings (SSSR count). The van der Waals surface area contributed by atoms with Crippen LogP contribution >= 0.6 is 0 Å². The topological polar surface area (TPSA) is 59.7 Å². The highest BCUT2D eigenvalue weighted by Gasteiger charge is 2.27. The minimum absolute atomic E-state index is 0.188. The van der Waals surface area contributed by atoms with Crippen molar-refractivity contribution in [1.29, 1.82) is 0 Å². The number of rotatable bonds is 2. The van der Waals surface area contributed by atoms with Crippen LogP contribution in [-0.4, -0.2) is 23.3 Å². The van der Waals surface area contributed by atoms with E-state index in [0.717, 1.165) is 19.3 Å². The number of furan rings is 1. The third kappa shape index (κ3) is 2.39. The monoisotopic (exact) mass is 210 g/mol. The smallest absolute Gasteiger partial charge is 0.374 e. The largest absolute Gasteiger partial charge is 0.457 e. The first-order valence-electron chi connectivity index (χ1n) is 5.20. The van der Waals surface area contributed by atoms with Crippen molar-refractivity contribution in [3.8, 4) is 0 Å². The van der Waals surface area contributed by atoms with Crippen molar-refractivity contribution < 1.29 is 19.1 Å². The number of aliphatic hydroxyl groups is 1. The lowest BCUT2D eigenvalue weighted by atomic mass is 9.95. The Morgan fingerprint density at radius 2 is 2.27 bits per heavy atom. The predicted molar refractivity (Wildman–Crippen MR) is 52.4 cm³/mol. The molecule has 1 aromatic rings. The SMILES string of the molecule is O=C(O[C@H]1CCCC[C@H]1O)c1ccco1. The number of carbonyl (C=O) groups excluding carboxylic acids is 1. The molecule has 0 radical (unpaired) electrons. The van der Waals surface area contributed by atoms with Crippen LogP contribution in [0.4, 0.5) is 0 Å². The maximum atomic E-state index is 11.5. The maximum Gasteiger partial charge on any atom is 0.374 e. The zero-order valence-electron chi connectivity index (χ0n) is 8.39. The molecule has 0 amide bonds. The fraction of sp³-hybridized carbons (Fsp3) is 0.545. The Hall–Kier alpha value is -1.29. The third-order valence-electron chi connectivity index (χ3n) is 2.65. The highest BCUT2D eigenvalue weighted by atomic mass is 16.6. The Kier molecular flexibility index (Phi) is 3.06. The highest BCUT2D eigenvalue weighted by molar-refractivity contribution is 5.86. The van der Waals surface area contributed by atoms with Crippen LogP contribution < -0.4 is 0 Å². The summed E-state index contributed by atoms with van der Waals surface area (Å²) < 4.78 is 10.1. The molecule has 1 aromatic heterocycles. The lowest BCUT2D eigenvalue weighted by molar-refractivity contribution is -0.0379. The Balaban J connectivity index is 1.93.